The van der Waals surface area contributed by atoms with E-state index in [2.05, 4.69) is 4.98 Å². The molecule has 0 amide bonds. The van der Waals surface area contributed by atoms with Crippen molar-refractivity contribution >= 4 is 17.8 Å². The second kappa shape index (κ2) is 7.72. The normalized spacial score (nSPS) is 11.0. The average molecular weight is 368 g/mol. The SMILES string of the molecule is O=[N+]([O-])c1ccccc1C=Cc1ccc(-c2ncc(-c3ccccc3)o2)cc1. The highest BCUT2D eigenvalue weighted by Crippen LogP contribution is 2.26. The lowest BCUT2D eigenvalue weighted by Crippen LogP contribution is -1.90. The van der Waals surface area contributed by atoms with Crippen LogP contribution in [-0.2, 0) is 0 Å². The van der Waals surface area contributed by atoms with E-state index in [1.165, 1.54) is 6.07 Å². The third-order valence-electron chi connectivity index (χ3n) is 4.31. The Labute approximate surface area is 161 Å². The van der Waals surface area contributed by atoms with Gasteiger partial charge in [0.05, 0.1) is 16.7 Å². The Morgan fingerprint density at radius 3 is 2.29 bits per heavy atom. The molecular weight excluding hydrogens is 352 g/mol. The van der Waals surface area contributed by atoms with E-state index >= 15 is 0 Å². The van der Waals surface area contributed by atoms with Gasteiger partial charge in [-0.15, -0.1) is 0 Å². The van der Waals surface area contributed by atoms with Gasteiger partial charge in [0.2, 0.25) is 5.89 Å². The lowest BCUT2D eigenvalue weighted by atomic mass is 10.1. The third kappa shape index (κ3) is 3.73. The topological polar surface area (TPSA) is 69.2 Å². The van der Waals surface area contributed by atoms with Gasteiger partial charge in [-0.3, -0.25) is 10.1 Å². The van der Waals surface area contributed by atoms with Gasteiger partial charge in [-0.1, -0.05) is 60.7 Å². The fourth-order valence-corrected chi connectivity index (χ4v) is 2.86. The average Bonchev–Trinajstić information content (AvgIpc) is 3.24. The van der Waals surface area contributed by atoms with Gasteiger partial charge >= 0.3 is 0 Å². The van der Waals surface area contributed by atoms with Crippen molar-refractivity contribution in [2.75, 3.05) is 0 Å². The fraction of sp³-hybridized carbons (Fsp3) is 0. The van der Waals surface area contributed by atoms with Crippen molar-refractivity contribution in [1.82, 2.24) is 4.98 Å². The molecule has 5 nitrogen and oxygen atoms in total. The summed E-state index contributed by atoms with van der Waals surface area (Å²) in [6, 6.07) is 24.1. The first-order valence-electron chi connectivity index (χ1n) is 8.74. The molecule has 28 heavy (non-hydrogen) atoms. The van der Waals surface area contributed by atoms with Gasteiger partial charge in [0, 0.05) is 17.2 Å². The molecule has 0 unspecified atom stereocenters. The maximum Gasteiger partial charge on any atom is 0.276 e. The van der Waals surface area contributed by atoms with Crippen molar-refractivity contribution in [3.8, 4) is 22.8 Å². The Hall–Kier alpha value is -3.99. The van der Waals surface area contributed by atoms with Crippen LogP contribution in [0.3, 0.4) is 0 Å². The summed E-state index contributed by atoms with van der Waals surface area (Å²) in [5, 5.41) is 11.1. The number of oxazole rings is 1. The van der Waals surface area contributed by atoms with Gasteiger partial charge in [0.15, 0.2) is 5.76 Å². The van der Waals surface area contributed by atoms with Gasteiger partial charge < -0.3 is 4.42 Å². The van der Waals surface area contributed by atoms with E-state index in [1.54, 1.807) is 30.5 Å². The molecule has 0 aliphatic carbocycles. The predicted octanol–water partition coefficient (Wildman–Crippen LogP) is 6.09. The summed E-state index contributed by atoms with van der Waals surface area (Å²) >= 11 is 0. The maximum atomic E-state index is 11.1. The van der Waals surface area contributed by atoms with Crippen LogP contribution in [0.1, 0.15) is 11.1 Å². The molecule has 0 aliphatic heterocycles. The van der Waals surface area contributed by atoms with Crippen molar-refractivity contribution in [2.45, 2.75) is 0 Å². The Balaban J connectivity index is 1.54. The second-order valence-corrected chi connectivity index (χ2v) is 6.17. The summed E-state index contributed by atoms with van der Waals surface area (Å²) in [7, 11) is 0. The number of nitro groups is 1. The number of hydrogen-bond acceptors (Lipinski definition) is 4. The summed E-state index contributed by atoms with van der Waals surface area (Å²) in [6.45, 7) is 0. The number of nitrogens with zero attached hydrogens (tertiary/aromatic N) is 2. The van der Waals surface area contributed by atoms with Crippen molar-refractivity contribution in [3.05, 3.63) is 106 Å². The van der Waals surface area contributed by atoms with Crippen LogP contribution < -0.4 is 0 Å². The van der Waals surface area contributed by atoms with Gasteiger partial charge in [-0.25, -0.2) is 4.98 Å². The molecule has 4 aromatic rings. The molecule has 1 heterocycles. The molecule has 3 aromatic carbocycles. The standard InChI is InChI=1S/C23H16N2O3/c26-25(27)21-9-5-4-6-18(21)13-10-17-11-14-20(15-12-17)23-24-16-22(28-23)19-7-2-1-3-8-19/h1-16H. The number of hydrogen-bond donors (Lipinski definition) is 0. The van der Waals surface area contributed by atoms with Crippen LogP contribution in [0.4, 0.5) is 5.69 Å². The molecule has 0 spiro atoms. The lowest BCUT2D eigenvalue weighted by Gasteiger charge is -1.99. The van der Waals surface area contributed by atoms with Crippen molar-refractivity contribution in [3.63, 3.8) is 0 Å². The van der Waals surface area contributed by atoms with E-state index in [-0.39, 0.29) is 10.6 Å². The van der Waals surface area contributed by atoms with Crippen LogP contribution in [-0.4, -0.2) is 9.91 Å². The first-order valence-corrected chi connectivity index (χ1v) is 8.74. The minimum absolute atomic E-state index is 0.0867. The van der Waals surface area contributed by atoms with E-state index < -0.39 is 0 Å². The first-order chi connectivity index (χ1) is 13.7. The quantitative estimate of drug-likeness (QED) is 0.243. The zero-order chi connectivity index (χ0) is 19.3. The van der Waals surface area contributed by atoms with E-state index in [9.17, 15) is 10.1 Å². The minimum Gasteiger partial charge on any atom is -0.436 e. The molecule has 0 radical (unpaired) electrons. The van der Waals surface area contributed by atoms with Gasteiger partial charge in [-0.2, -0.15) is 0 Å². The fourth-order valence-electron chi connectivity index (χ4n) is 2.86. The summed E-state index contributed by atoms with van der Waals surface area (Å²) in [6.07, 6.45) is 5.30. The Morgan fingerprint density at radius 2 is 1.54 bits per heavy atom. The highest BCUT2D eigenvalue weighted by molar-refractivity contribution is 5.74. The van der Waals surface area contributed by atoms with Crippen molar-refractivity contribution in [1.29, 1.82) is 0 Å². The molecule has 0 bridgehead atoms. The van der Waals surface area contributed by atoms with Gasteiger partial charge in [0.1, 0.15) is 0 Å². The molecule has 1 aromatic heterocycles. The Morgan fingerprint density at radius 1 is 0.821 bits per heavy atom. The number of nitro benzene ring substituents is 1. The van der Waals surface area contributed by atoms with Crippen LogP contribution in [0.25, 0.3) is 34.9 Å². The highest BCUT2D eigenvalue weighted by Gasteiger charge is 2.10. The number of aromatic nitrogens is 1. The minimum atomic E-state index is -0.379. The summed E-state index contributed by atoms with van der Waals surface area (Å²) in [5.74, 6) is 1.27. The van der Waals surface area contributed by atoms with E-state index in [4.69, 9.17) is 4.42 Å². The molecule has 0 N–H and O–H groups in total. The molecule has 0 atom stereocenters. The largest absolute Gasteiger partial charge is 0.436 e. The summed E-state index contributed by atoms with van der Waals surface area (Å²) in [5.41, 5.74) is 3.42. The highest BCUT2D eigenvalue weighted by atomic mass is 16.6. The van der Waals surface area contributed by atoms with Crippen molar-refractivity contribution < 1.29 is 9.34 Å². The molecule has 0 saturated heterocycles. The van der Waals surface area contributed by atoms with E-state index in [1.807, 2.05) is 60.7 Å². The van der Waals surface area contributed by atoms with Crippen LogP contribution >= 0.6 is 0 Å². The Kier molecular flexibility index (Phi) is 4.80. The van der Waals surface area contributed by atoms with Gasteiger partial charge in [-0.05, 0) is 29.8 Å². The maximum absolute atomic E-state index is 11.1. The van der Waals surface area contributed by atoms with Crippen LogP contribution in [0, 0.1) is 10.1 Å². The molecule has 136 valence electrons. The van der Waals surface area contributed by atoms with E-state index in [0.29, 0.717) is 11.5 Å². The Bertz CT molecular complexity index is 1130. The zero-order valence-electron chi connectivity index (χ0n) is 14.9. The van der Waals surface area contributed by atoms with Crippen LogP contribution in [0.5, 0.6) is 0 Å². The van der Waals surface area contributed by atoms with E-state index in [0.717, 1.165) is 22.5 Å². The molecule has 5 heteroatoms. The zero-order valence-corrected chi connectivity index (χ0v) is 14.9. The molecule has 0 fully saturated rings. The third-order valence-corrected chi connectivity index (χ3v) is 4.31. The summed E-state index contributed by atoms with van der Waals surface area (Å²) in [4.78, 5) is 15.1. The number of benzene rings is 3. The summed E-state index contributed by atoms with van der Waals surface area (Å²) < 4.78 is 5.86. The predicted molar refractivity (Wildman–Crippen MR) is 109 cm³/mol. The van der Waals surface area contributed by atoms with Crippen LogP contribution in [0.2, 0.25) is 0 Å². The van der Waals surface area contributed by atoms with Crippen LogP contribution in [0.15, 0.2) is 89.5 Å². The molecule has 0 aliphatic rings. The number of rotatable bonds is 5. The lowest BCUT2D eigenvalue weighted by molar-refractivity contribution is -0.385. The second-order valence-electron chi connectivity index (χ2n) is 6.17. The monoisotopic (exact) mass is 368 g/mol. The molecule has 4 rings (SSSR count). The first kappa shape index (κ1) is 17.4. The number of para-hydroxylation sites is 1. The molecular formula is C23H16N2O3. The smallest absolute Gasteiger partial charge is 0.276 e. The van der Waals surface area contributed by atoms with Crippen molar-refractivity contribution in [2.24, 2.45) is 0 Å². The molecule has 0 saturated carbocycles. The van der Waals surface area contributed by atoms with Gasteiger partial charge in [0.25, 0.3) is 5.69 Å².